The van der Waals surface area contributed by atoms with Crippen molar-refractivity contribution in [2.75, 3.05) is 18.0 Å². The fourth-order valence-corrected chi connectivity index (χ4v) is 3.71. The second-order valence-electron chi connectivity index (χ2n) is 8.44. The number of benzene rings is 1. The van der Waals surface area contributed by atoms with E-state index < -0.39 is 11.7 Å². The number of hydrogen-bond acceptors (Lipinski definition) is 8. The van der Waals surface area contributed by atoms with Gasteiger partial charge in [0.05, 0.1) is 11.1 Å². The molecule has 0 spiro atoms. The van der Waals surface area contributed by atoms with Crippen LogP contribution >= 0.6 is 0 Å². The zero-order chi connectivity index (χ0) is 25.5. The van der Waals surface area contributed by atoms with Crippen LogP contribution in [0.5, 0.6) is 11.8 Å². The number of oxime groups is 1. The van der Waals surface area contributed by atoms with Crippen LogP contribution in [0.15, 0.2) is 48.1 Å². The van der Waals surface area contributed by atoms with Gasteiger partial charge in [-0.3, -0.25) is 0 Å². The van der Waals surface area contributed by atoms with Crippen LogP contribution < -0.4 is 14.5 Å². The van der Waals surface area contributed by atoms with Crippen LogP contribution in [0.4, 0.5) is 19.1 Å². The van der Waals surface area contributed by atoms with Crippen LogP contribution in [0.2, 0.25) is 0 Å². The fraction of sp³-hybridized carbons (Fsp3) is 0.400. The molecule has 1 aliphatic rings. The summed E-state index contributed by atoms with van der Waals surface area (Å²) in [6.45, 7) is 5.41. The Balaban J connectivity index is 1.28. The molecule has 1 aromatic carbocycles. The Morgan fingerprint density at radius 3 is 2.31 bits per heavy atom. The summed E-state index contributed by atoms with van der Waals surface area (Å²) < 4.78 is 44.1. The van der Waals surface area contributed by atoms with Gasteiger partial charge in [0.2, 0.25) is 11.8 Å². The number of anilines is 1. The van der Waals surface area contributed by atoms with Crippen LogP contribution in [0, 0.1) is 6.92 Å². The number of ether oxygens (including phenoxy) is 1. The summed E-state index contributed by atoms with van der Waals surface area (Å²) in [5, 5.41) is 3.90. The van der Waals surface area contributed by atoms with E-state index in [-0.39, 0.29) is 12.0 Å². The maximum atomic E-state index is 12.7. The van der Waals surface area contributed by atoms with Crippen molar-refractivity contribution in [1.29, 1.82) is 0 Å². The van der Waals surface area contributed by atoms with Crippen molar-refractivity contribution in [3.05, 3.63) is 65.2 Å². The molecule has 8 nitrogen and oxygen atoms in total. The third kappa shape index (κ3) is 6.46. The second-order valence-corrected chi connectivity index (χ2v) is 8.44. The van der Waals surface area contributed by atoms with Crippen LogP contribution in [-0.2, 0) is 19.0 Å². The number of aromatic nitrogens is 4. The largest absolute Gasteiger partial charge is 0.474 e. The summed E-state index contributed by atoms with van der Waals surface area (Å²) in [6, 6.07) is 4.91. The molecule has 3 heterocycles. The molecule has 0 bridgehead atoms. The molecule has 11 heteroatoms. The summed E-state index contributed by atoms with van der Waals surface area (Å²) in [7, 11) is 0. The number of nitrogens with zero attached hydrogens (tertiary/aromatic N) is 6. The van der Waals surface area contributed by atoms with Crippen molar-refractivity contribution < 1.29 is 22.7 Å². The summed E-state index contributed by atoms with van der Waals surface area (Å²) >= 11 is 0. The highest BCUT2D eigenvalue weighted by Gasteiger charge is 2.29. The molecular formula is C25H27F3N6O2. The first-order valence-corrected chi connectivity index (χ1v) is 11.7. The van der Waals surface area contributed by atoms with E-state index in [2.05, 4.69) is 36.9 Å². The van der Waals surface area contributed by atoms with Crippen molar-refractivity contribution in [2.24, 2.45) is 5.16 Å². The molecule has 2 aromatic heterocycles. The predicted molar refractivity (Wildman–Crippen MR) is 128 cm³/mol. The number of piperidine rings is 1. The third-order valence-corrected chi connectivity index (χ3v) is 5.92. The molecule has 4 rings (SSSR count). The van der Waals surface area contributed by atoms with Gasteiger partial charge in [0.25, 0.3) is 5.88 Å². The minimum Gasteiger partial charge on any atom is -0.474 e. The molecule has 0 radical (unpaired) electrons. The van der Waals surface area contributed by atoms with E-state index in [9.17, 15) is 13.2 Å². The lowest BCUT2D eigenvalue weighted by Crippen LogP contribution is -2.39. The Morgan fingerprint density at radius 2 is 1.67 bits per heavy atom. The lowest BCUT2D eigenvalue weighted by molar-refractivity contribution is -0.137. The molecule has 190 valence electrons. The van der Waals surface area contributed by atoms with Gasteiger partial charge in [-0.15, -0.1) is 0 Å². The van der Waals surface area contributed by atoms with Gasteiger partial charge in [-0.2, -0.15) is 18.2 Å². The predicted octanol–water partition coefficient (Wildman–Crippen LogP) is 4.81. The van der Waals surface area contributed by atoms with Gasteiger partial charge in [-0.05, 0) is 36.6 Å². The maximum absolute atomic E-state index is 12.7. The van der Waals surface area contributed by atoms with Crippen molar-refractivity contribution >= 4 is 12.2 Å². The summed E-state index contributed by atoms with van der Waals surface area (Å²) in [4.78, 5) is 24.8. The van der Waals surface area contributed by atoms with E-state index in [1.165, 1.54) is 24.7 Å². The molecule has 1 aliphatic heterocycles. The highest BCUT2D eigenvalue weighted by molar-refractivity contribution is 5.61. The van der Waals surface area contributed by atoms with Gasteiger partial charge >= 0.3 is 6.18 Å². The van der Waals surface area contributed by atoms with E-state index in [0.717, 1.165) is 56.0 Å². The van der Waals surface area contributed by atoms with Crippen molar-refractivity contribution in [2.45, 2.75) is 51.8 Å². The zero-order valence-electron chi connectivity index (χ0n) is 20.1. The van der Waals surface area contributed by atoms with E-state index >= 15 is 0 Å². The Bertz CT molecular complexity index is 1160. The maximum Gasteiger partial charge on any atom is 0.416 e. The van der Waals surface area contributed by atoms with Crippen LogP contribution in [0.3, 0.4) is 0 Å². The molecule has 36 heavy (non-hydrogen) atoms. The van der Waals surface area contributed by atoms with E-state index in [1.54, 1.807) is 6.92 Å². The van der Waals surface area contributed by atoms with Gasteiger partial charge < -0.3 is 14.5 Å². The lowest BCUT2D eigenvalue weighted by atomic mass is 10.1. The van der Waals surface area contributed by atoms with Crippen molar-refractivity contribution in [3.8, 4) is 11.8 Å². The normalized spacial score (nSPS) is 14.9. The Morgan fingerprint density at radius 1 is 1.00 bits per heavy atom. The molecule has 3 aromatic rings. The van der Waals surface area contributed by atoms with Gasteiger partial charge in [-0.25, -0.2) is 15.0 Å². The lowest BCUT2D eigenvalue weighted by Gasteiger charge is -2.32. The first kappa shape index (κ1) is 25.3. The van der Waals surface area contributed by atoms with E-state index in [4.69, 9.17) is 9.57 Å². The Labute approximate surface area is 207 Å². The first-order chi connectivity index (χ1) is 17.3. The number of aryl methyl sites for hydroxylation is 1. The highest BCUT2D eigenvalue weighted by atomic mass is 19.4. The molecule has 0 saturated carbocycles. The van der Waals surface area contributed by atoms with Gasteiger partial charge in [-0.1, -0.05) is 24.2 Å². The fourth-order valence-electron chi connectivity index (χ4n) is 3.71. The molecule has 1 saturated heterocycles. The van der Waals surface area contributed by atoms with Crippen molar-refractivity contribution in [1.82, 2.24) is 19.9 Å². The summed E-state index contributed by atoms with van der Waals surface area (Å²) in [6.07, 6.45) is 4.99. The second kappa shape index (κ2) is 11.3. The van der Waals surface area contributed by atoms with E-state index in [1.807, 2.05) is 12.4 Å². The van der Waals surface area contributed by atoms with Gasteiger partial charge in [0.15, 0.2) is 0 Å². The van der Waals surface area contributed by atoms with Crippen molar-refractivity contribution in [3.63, 3.8) is 0 Å². The molecule has 0 aliphatic carbocycles. The smallest absolute Gasteiger partial charge is 0.416 e. The topological polar surface area (TPSA) is 85.6 Å². The number of halogens is 3. The average molecular weight is 501 g/mol. The molecule has 0 amide bonds. The quantitative estimate of drug-likeness (QED) is 0.324. The molecule has 0 unspecified atom stereocenters. The first-order valence-electron chi connectivity index (χ1n) is 11.7. The minimum atomic E-state index is -4.35. The number of rotatable bonds is 8. The molecule has 1 fully saturated rings. The Kier molecular flexibility index (Phi) is 7.97. The summed E-state index contributed by atoms with van der Waals surface area (Å²) in [5.74, 6) is 1.42. The molecule has 0 atom stereocenters. The minimum absolute atomic E-state index is 0.0132. The van der Waals surface area contributed by atoms with E-state index in [0.29, 0.717) is 23.4 Å². The van der Waals surface area contributed by atoms with Crippen LogP contribution in [0.25, 0.3) is 0 Å². The summed E-state index contributed by atoms with van der Waals surface area (Å²) in [5.41, 5.74) is 1.72. The molecular weight excluding hydrogens is 473 g/mol. The standard InChI is InChI=1S/C25H27F3N6O2/c1-3-18-14-29-24(30-15-18)34-12-9-21(10-13-34)35-22-17(2)23(32-16-31-22)36-33-11-8-19-4-6-20(7-5-19)25(26,27)28/h4-7,11,14-16,21H,3,8-10,12-13H2,1-2H3. The SMILES string of the molecule is CCc1cnc(N2CCC(Oc3ncnc(ON=CCc4ccc(C(F)(F)F)cc4)c3C)CC2)nc1. The monoisotopic (exact) mass is 500 g/mol. The third-order valence-electron chi connectivity index (χ3n) is 5.92. The number of alkyl halides is 3. The van der Waals surface area contributed by atoms with Crippen LogP contribution in [0.1, 0.15) is 42.0 Å². The molecule has 0 N–H and O–H groups in total. The Hall–Kier alpha value is -3.76. The highest BCUT2D eigenvalue weighted by Crippen LogP contribution is 2.29. The number of hydrogen-bond donors (Lipinski definition) is 0. The average Bonchev–Trinajstić information content (AvgIpc) is 2.89. The van der Waals surface area contributed by atoms with Gasteiger partial charge in [0.1, 0.15) is 12.4 Å². The zero-order valence-corrected chi connectivity index (χ0v) is 20.1. The van der Waals surface area contributed by atoms with Gasteiger partial charge in [0, 0.05) is 51.0 Å². The van der Waals surface area contributed by atoms with Crippen LogP contribution in [-0.4, -0.2) is 45.3 Å².